The number of hydrogen-bond donors (Lipinski definition) is 1. The van der Waals surface area contributed by atoms with Crippen molar-refractivity contribution in [3.8, 4) is 11.5 Å². The van der Waals surface area contributed by atoms with Crippen LogP contribution in [0, 0.1) is 0 Å². The fourth-order valence-electron chi connectivity index (χ4n) is 1.55. The molecule has 0 saturated heterocycles. The lowest BCUT2D eigenvalue weighted by molar-refractivity contribution is 0.00856. The minimum absolute atomic E-state index is 0.286. The van der Waals surface area contributed by atoms with Crippen molar-refractivity contribution in [2.24, 2.45) is 0 Å². The summed E-state index contributed by atoms with van der Waals surface area (Å²) in [6.07, 6.45) is 0. The van der Waals surface area contributed by atoms with E-state index < -0.39 is 0 Å². The summed E-state index contributed by atoms with van der Waals surface area (Å²) in [4.78, 5) is 16.8. The van der Waals surface area contributed by atoms with Gasteiger partial charge in [-0.2, -0.15) is 0 Å². The van der Waals surface area contributed by atoms with Crippen LogP contribution in [-0.4, -0.2) is 39.4 Å². The fraction of sp³-hybridized carbons (Fsp3) is 0.417. The topological polar surface area (TPSA) is 66.0 Å². The maximum Gasteiger partial charge on any atom is 0.278 e. The highest BCUT2D eigenvalue weighted by Crippen LogP contribution is 2.33. The number of rotatable bonds is 5. The second-order valence-electron chi connectivity index (χ2n) is 3.60. The molecule has 0 aromatic heterocycles. The van der Waals surface area contributed by atoms with Gasteiger partial charge in [-0.3, -0.25) is 9.63 Å². The molecule has 1 aromatic rings. The van der Waals surface area contributed by atoms with E-state index in [2.05, 4.69) is 5.48 Å². The number of carbonyl (C=O) groups is 1. The van der Waals surface area contributed by atoms with Crippen LogP contribution >= 0.6 is 0 Å². The molecule has 0 atom stereocenters. The van der Waals surface area contributed by atoms with E-state index in [4.69, 9.17) is 19.0 Å². The van der Waals surface area contributed by atoms with Crippen molar-refractivity contribution in [1.29, 1.82) is 0 Å². The third kappa shape index (κ3) is 2.91. The summed E-state index contributed by atoms with van der Waals surface area (Å²) in [5.41, 5.74) is 2.72. The van der Waals surface area contributed by atoms with Gasteiger partial charge in [0.05, 0.1) is 18.8 Å². The van der Waals surface area contributed by atoms with Gasteiger partial charge >= 0.3 is 0 Å². The molecular weight excluding hydrogens is 238 g/mol. The summed E-state index contributed by atoms with van der Waals surface area (Å²) < 4.78 is 15.6. The summed E-state index contributed by atoms with van der Waals surface area (Å²) in [5.74, 6) is 0.663. The molecule has 18 heavy (non-hydrogen) atoms. The molecule has 0 fully saturated rings. The molecule has 0 radical (unpaired) electrons. The van der Waals surface area contributed by atoms with Crippen molar-refractivity contribution in [1.82, 2.24) is 5.48 Å². The van der Waals surface area contributed by atoms with Crippen LogP contribution < -0.4 is 15.0 Å². The summed E-state index contributed by atoms with van der Waals surface area (Å²) in [6, 6.07) is 5.15. The SMILES string of the molecule is COCCONC(=O)c1cccc2c1OCCO2. The predicted molar refractivity (Wildman–Crippen MR) is 62.7 cm³/mol. The normalized spacial score (nSPS) is 13.2. The number of benzene rings is 1. The summed E-state index contributed by atoms with van der Waals surface area (Å²) in [5, 5.41) is 0. The standard InChI is InChI=1S/C12H15NO5/c1-15-5-8-18-13-12(14)9-3-2-4-10-11(9)17-7-6-16-10/h2-4H,5-8H2,1H3,(H,13,14). The zero-order chi connectivity index (χ0) is 12.8. The molecule has 0 bridgehead atoms. The first kappa shape index (κ1) is 12.7. The lowest BCUT2D eigenvalue weighted by Gasteiger charge is -2.20. The van der Waals surface area contributed by atoms with E-state index >= 15 is 0 Å². The van der Waals surface area contributed by atoms with Crippen molar-refractivity contribution in [2.45, 2.75) is 0 Å². The first-order valence-corrected chi connectivity index (χ1v) is 5.62. The highest BCUT2D eigenvalue weighted by molar-refractivity contribution is 5.97. The Balaban J connectivity index is 2.01. The van der Waals surface area contributed by atoms with Gasteiger partial charge in [-0.15, -0.1) is 0 Å². The van der Waals surface area contributed by atoms with Crippen LogP contribution in [0.5, 0.6) is 11.5 Å². The van der Waals surface area contributed by atoms with Crippen LogP contribution in [-0.2, 0) is 9.57 Å². The summed E-state index contributed by atoms with van der Waals surface area (Å²) in [6.45, 7) is 1.62. The van der Waals surface area contributed by atoms with Gasteiger partial charge in [0.2, 0.25) is 0 Å². The Morgan fingerprint density at radius 2 is 2.17 bits per heavy atom. The predicted octanol–water partition coefficient (Wildman–Crippen LogP) is 0.766. The molecule has 1 aliphatic heterocycles. The molecule has 0 saturated carbocycles. The van der Waals surface area contributed by atoms with Crippen molar-refractivity contribution < 1.29 is 23.8 Å². The number of fused-ring (bicyclic) bond motifs is 1. The Hall–Kier alpha value is -1.79. The van der Waals surface area contributed by atoms with Crippen LogP contribution in [0.4, 0.5) is 0 Å². The van der Waals surface area contributed by atoms with E-state index in [9.17, 15) is 4.79 Å². The van der Waals surface area contributed by atoms with Crippen molar-refractivity contribution >= 4 is 5.91 Å². The number of amides is 1. The molecule has 1 aromatic carbocycles. The lowest BCUT2D eigenvalue weighted by atomic mass is 10.1. The van der Waals surface area contributed by atoms with Crippen molar-refractivity contribution in [3.63, 3.8) is 0 Å². The molecule has 1 aliphatic rings. The Morgan fingerprint density at radius 1 is 1.33 bits per heavy atom. The second-order valence-corrected chi connectivity index (χ2v) is 3.60. The van der Waals surface area contributed by atoms with Gasteiger partial charge in [0.15, 0.2) is 11.5 Å². The molecule has 1 amide bonds. The Kier molecular flexibility index (Phi) is 4.38. The largest absolute Gasteiger partial charge is 0.486 e. The van der Waals surface area contributed by atoms with Gasteiger partial charge in [0, 0.05) is 7.11 Å². The maximum absolute atomic E-state index is 11.9. The number of hydrogen-bond acceptors (Lipinski definition) is 5. The smallest absolute Gasteiger partial charge is 0.278 e. The summed E-state index contributed by atoms with van der Waals surface area (Å²) in [7, 11) is 1.56. The van der Waals surface area contributed by atoms with Crippen molar-refractivity contribution in [2.75, 3.05) is 33.5 Å². The minimum Gasteiger partial charge on any atom is -0.486 e. The minimum atomic E-state index is -0.367. The number of methoxy groups -OCH3 is 1. The number of carbonyl (C=O) groups excluding carboxylic acids is 1. The van der Waals surface area contributed by atoms with E-state index in [1.165, 1.54) is 0 Å². The number of para-hydroxylation sites is 1. The average molecular weight is 253 g/mol. The van der Waals surface area contributed by atoms with Gasteiger partial charge in [-0.1, -0.05) is 6.07 Å². The second kappa shape index (κ2) is 6.23. The lowest BCUT2D eigenvalue weighted by Crippen LogP contribution is -2.27. The third-order valence-corrected chi connectivity index (χ3v) is 2.37. The Labute approximate surface area is 105 Å². The molecule has 0 spiro atoms. The molecular formula is C12H15NO5. The number of hydroxylamine groups is 1. The third-order valence-electron chi connectivity index (χ3n) is 2.37. The first-order valence-electron chi connectivity index (χ1n) is 5.62. The van der Waals surface area contributed by atoms with Gasteiger partial charge in [-0.05, 0) is 12.1 Å². The number of ether oxygens (including phenoxy) is 3. The molecule has 6 heteroatoms. The highest BCUT2D eigenvalue weighted by Gasteiger charge is 2.20. The molecule has 1 heterocycles. The van der Waals surface area contributed by atoms with Gasteiger partial charge < -0.3 is 14.2 Å². The van der Waals surface area contributed by atoms with Gasteiger partial charge in [0.25, 0.3) is 5.91 Å². The zero-order valence-corrected chi connectivity index (χ0v) is 10.1. The molecule has 1 N–H and O–H groups in total. The van der Waals surface area contributed by atoms with Crippen molar-refractivity contribution in [3.05, 3.63) is 23.8 Å². The van der Waals surface area contributed by atoms with E-state index in [1.54, 1.807) is 25.3 Å². The molecule has 2 rings (SSSR count). The summed E-state index contributed by atoms with van der Waals surface area (Å²) >= 11 is 0. The number of nitrogens with one attached hydrogen (secondary N) is 1. The van der Waals surface area contributed by atoms with E-state index in [-0.39, 0.29) is 12.5 Å². The Morgan fingerprint density at radius 3 is 3.00 bits per heavy atom. The van der Waals surface area contributed by atoms with Crippen LogP contribution in [0.25, 0.3) is 0 Å². The average Bonchev–Trinajstić information content (AvgIpc) is 2.43. The van der Waals surface area contributed by atoms with Gasteiger partial charge in [-0.25, -0.2) is 5.48 Å². The van der Waals surface area contributed by atoms with Crippen LogP contribution in [0.1, 0.15) is 10.4 Å². The first-order chi connectivity index (χ1) is 8.83. The van der Waals surface area contributed by atoms with E-state index in [0.29, 0.717) is 36.9 Å². The fourth-order valence-corrected chi connectivity index (χ4v) is 1.55. The zero-order valence-electron chi connectivity index (χ0n) is 10.1. The van der Waals surface area contributed by atoms with Crippen LogP contribution in [0.15, 0.2) is 18.2 Å². The highest BCUT2D eigenvalue weighted by atomic mass is 16.7. The van der Waals surface area contributed by atoms with E-state index in [1.807, 2.05) is 0 Å². The Bertz CT molecular complexity index is 421. The maximum atomic E-state index is 11.9. The molecule has 0 aliphatic carbocycles. The van der Waals surface area contributed by atoms with Gasteiger partial charge in [0.1, 0.15) is 13.2 Å². The van der Waals surface area contributed by atoms with E-state index in [0.717, 1.165) is 0 Å². The van der Waals surface area contributed by atoms with Crippen LogP contribution in [0.3, 0.4) is 0 Å². The monoisotopic (exact) mass is 253 g/mol. The molecule has 0 unspecified atom stereocenters. The molecule has 98 valence electrons. The molecule has 6 nitrogen and oxygen atoms in total. The van der Waals surface area contributed by atoms with Crippen LogP contribution in [0.2, 0.25) is 0 Å². The quantitative estimate of drug-likeness (QED) is 0.620.